The van der Waals surface area contributed by atoms with Gasteiger partial charge in [-0.25, -0.2) is 4.68 Å². The molecule has 148 valence electrons. The summed E-state index contributed by atoms with van der Waals surface area (Å²) in [4.78, 5) is 0. The van der Waals surface area contributed by atoms with Crippen molar-refractivity contribution in [3.63, 3.8) is 0 Å². The fourth-order valence-electron chi connectivity index (χ4n) is 3.26. The maximum absolute atomic E-state index is 6.02. The number of nitrogens with two attached hydrogens (primary N) is 1. The van der Waals surface area contributed by atoms with Crippen LogP contribution in [-0.2, 0) is 0 Å². The lowest BCUT2D eigenvalue weighted by Crippen LogP contribution is -2.21. The van der Waals surface area contributed by atoms with Crippen LogP contribution in [-0.4, -0.2) is 14.9 Å². The maximum Gasteiger partial charge on any atom is 0.191 e. The van der Waals surface area contributed by atoms with Crippen molar-refractivity contribution in [2.45, 2.75) is 13.8 Å². The second-order valence-corrected chi connectivity index (χ2v) is 7.37. The molecule has 0 atom stereocenters. The first-order chi connectivity index (χ1) is 14.6. The highest BCUT2D eigenvalue weighted by atomic mass is 32.1. The first-order valence-electron chi connectivity index (χ1n) is 9.58. The molecule has 6 heteroatoms. The molecule has 4 aromatic rings. The summed E-state index contributed by atoms with van der Waals surface area (Å²) in [6.45, 7) is 4.10. The van der Waals surface area contributed by atoms with Gasteiger partial charge in [0.15, 0.2) is 5.11 Å². The van der Waals surface area contributed by atoms with Gasteiger partial charge in [-0.05, 0) is 43.3 Å². The SMILES string of the molecule is Cc1cccc(N=Nc2c(-c3ccccc3)nn(C(N)=S)c2-c2ccccc2)c1C. The van der Waals surface area contributed by atoms with E-state index < -0.39 is 0 Å². The van der Waals surface area contributed by atoms with Crippen molar-refractivity contribution < 1.29 is 0 Å². The Kier molecular flexibility index (Phi) is 5.50. The largest absolute Gasteiger partial charge is 0.374 e. The zero-order valence-corrected chi connectivity index (χ0v) is 17.6. The summed E-state index contributed by atoms with van der Waals surface area (Å²) in [6.07, 6.45) is 0. The van der Waals surface area contributed by atoms with Gasteiger partial charge >= 0.3 is 0 Å². The van der Waals surface area contributed by atoms with Gasteiger partial charge in [-0.2, -0.15) is 10.2 Å². The number of aryl methyl sites for hydroxylation is 1. The quantitative estimate of drug-likeness (QED) is 0.315. The Bertz CT molecular complexity index is 1230. The monoisotopic (exact) mass is 411 g/mol. The Morgan fingerprint density at radius 2 is 1.47 bits per heavy atom. The number of benzene rings is 3. The van der Waals surface area contributed by atoms with E-state index >= 15 is 0 Å². The smallest absolute Gasteiger partial charge is 0.191 e. The fourth-order valence-corrected chi connectivity index (χ4v) is 3.39. The van der Waals surface area contributed by atoms with E-state index in [2.05, 4.69) is 23.2 Å². The molecule has 4 rings (SSSR count). The molecular formula is C24H21N5S. The van der Waals surface area contributed by atoms with E-state index in [1.165, 1.54) is 0 Å². The summed E-state index contributed by atoms with van der Waals surface area (Å²) in [5.74, 6) is 0. The van der Waals surface area contributed by atoms with E-state index in [1.807, 2.05) is 79.7 Å². The van der Waals surface area contributed by atoms with Crippen LogP contribution in [0.1, 0.15) is 11.1 Å². The molecule has 2 N–H and O–H groups in total. The van der Waals surface area contributed by atoms with Crippen LogP contribution in [0.3, 0.4) is 0 Å². The van der Waals surface area contributed by atoms with Crippen LogP contribution in [0.25, 0.3) is 22.5 Å². The molecule has 0 aliphatic rings. The zero-order chi connectivity index (χ0) is 21.1. The highest BCUT2D eigenvalue weighted by Gasteiger charge is 2.22. The molecule has 30 heavy (non-hydrogen) atoms. The number of rotatable bonds is 4. The number of aromatic nitrogens is 2. The fraction of sp³-hybridized carbons (Fsp3) is 0.0833. The van der Waals surface area contributed by atoms with Crippen molar-refractivity contribution in [3.8, 4) is 22.5 Å². The van der Waals surface area contributed by atoms with Crippen LogP contribution in [0.5, 0.6) is 0 Å². The minimum absolute atomic E-state index is 0.152. The van der Waals surface area contributed by atoms with Gasteiger partial charge in [0.05, 0.1) is 5.69 Å². The Hall–Kier alpha value is -3.64. The highest BCUT2D eigenvalue weighted by molar-refractivity contribution is 7.80. The van der Waals surface area contributed by atoms with Crippen molar-refractivity contribution in [2.24, 2.45) is 16.0 Å². The van der Waals surface area contributed by atoms with E-state index in [0.717, 1.165) is 33.6 Å². The second kappa shape index (κ2) is 8.39. The summed E-state index contributed by atoms with van der Waals surface area (Å²) < 4.78 is 1.56. The summed E-state index contributed by atoms with van der Waals surface area (Å²) in [6, 6.07) is 25.7. The molecule has 0 bridgehead atoms. The van der Waals surface area contributed by atoms with E-state index in [-0.39, 0.29) is 5.11 Å². The summed E-state index contributed by atoms with van der Waals surface area (Å²) >= 11 is 5.29. The van der Waals surface area contributed by atoms with Crippen molar-refractivity contribution in [1.82, 2.24) is 9.78 Å². The van der Waals surface area contributed by atoms with Gasteiger partial charge in [0.2, 0.25) is 0 Å². The van der Waals surface area contributed by atoms with Gasteiger partial charge in [-0.15, -0.1) is 5.11 Å². The van der Waals surface area contributed by atoms with Crippen LogP contribution in [0.15, 0.2) is 89.1 Å². The average Bonchev–Trinajstić information content (AvgIpc) is 3.16. The molecular weight excluding hydrogens is 390 g/mol. The summed E-state index contributed by atoms with van der Waals surface area (Å²) in [7, 11) is 0. The minimum Gasteiger partial charge on any atom is -0.374 e. The molecule has 0 saturated carbocycles. The van der Waals surface area contributed by atoms with E-state index in [1.54, 1.807) is 4.68 Å². The third-order valence-corrected chi connectivity index (χ3v) is 5.17. The van der Waals surface area contributed by atoms with Gasteiger partial charge < -0.3 is 5.73 Å². The lowest BCUT2D eigenvalue weighted by molar-refractivity contribution is 0.951. The minimum atomic E-state index is 0.152. The highest BCUT2D eigenvalue weighted by Crippen LogP contribution is 2.40. The molecule has 0 unspecified atom stereocenters. The summed E-state index contributed by atoms with van der Waals surface area (Å²) in [5.41, 5.74) is 12.9. The summed E-state index contributed by atoms with van der Waals surface area (Å²) in [5, 5.41) is 14.1. The molecule has 0 spiro atoms. The topological polar surface area (TPSA) is 68.6 Å². The molecule has 0 aliphatic carbocycles. The Balaban J connectivity index is 1.97. The number of hydrogen-bond donors (Lipinski definition) is 1. The van der Waals surface area contributed by atoms with E-state index in [0.29, 0.717) is 11.4 Å². The van der Waals surface area contributed by atoms with Gasteiger partial charge in [0, 0.05) is 11.1 Å². The van der Waals surface area contributed by atoms with Crippen molar-refractivity contribution >= 4 is 28.7 Å². The third kappa shape index (κ3) is 3.77. The molecule has 1 heterocycles. The molecule has 0 fully saturated rings. The zero-order valence-electron chi connectivity index (χ0n) is 16.8. The maximum atomic E-state index is 6.02. The average molecular weight is 412 g/mol. The van der Waals surface area contributed by atoms with E-state index in [4.69, 9.17) is 23.1 Å². The number of nitrogens with zero attached hydrogens (tertiary/aromatic N) is 4. The molecule has 1 aromatic heterocycles. The van der Waals surface area contributed by atoms with Crippen LogP contribution in [0.2, 0.25) is 0 Å². The van der Waals surface area contributed by atoms with Gasteiger partial charge in [0.1, 0.15) is 17.1 Å². The predicted octanol–water partition coefficient (Wildman–Crippen LogP) is 6.34. The third-order valence-electron chi connectivity index (χ3n) is 5.00. The molecule has 0 aliphatic heterocycles. The number of thiocarbonyl (C=S) groups is 1. The normalized spacial score (nSPS) is 11.1. The number of azo groups is 1. The standard InChI is InChI=1S/C24H21N5S/c1-16-10-9-15-20(17(16)2)26-27-22-21(18-11-5-3-6-12-18)28-29(24(25)30)23(22)19-13-7-4-8-14-19/h3-15H,1-2H3,(H2,25,30). The van der Waals surface area contributed by atoms with E-state index in [9.17, 15) is 0 Å². The van der Waals surface area contributed by atoms with Crippen molar-refractivity contribution in [3.05, 3.63) is 90.0 Å². The second-order valence-electron chi connectivity index (χ2n) is 6.95. The van der Waals surface area contributed by atoms with Crippen molar-refractivity contribution in [1.29, 1.82) is 0 Å². The molecule has 3 aromatic carbocycles. The van der Waals surface area contributed by atoms with Gasteiger partial charge in [-0.3, -0.25) is 0 Å². The molecule has 0 radical (unpaired) electrons. The Morgan fingerprint density at radius 1 is 0.833 bits per heavy atom. The van der Waals surface area contributed by atoms with Gasteiger partial charge in [0.25, 0.3) is 0 Å². The van der Waals surface area contributed by atoms with Crippen LogP contribution in [0.4, 0.5) is 11.4 Å². The predicted molar refractivity (Wildman–Crippen MR) is 125 cm³/mol. The molecule has 0 saturated heterocycles. The first-order valence-corrected chi connectivity index (χ1v) is 9.98. The van der Waals surface area contributed by atoms with Crippen LogP contribution < -0.4 is 5.73 Å². The van der Waals surface area contributed by atoms with Crippen LogP contribution >= 0.6 is 12.2 Å². The van der Waals surface area contributed by atoms with Crippen LogP contribution in [0, 0.1) is 13.8 Å². The lowest BCUT2D eigenvalue weighted by Gasteiger charge is -2.06. The molecule has 5 nitrogen and oxygen atoms in total. The van der Waals surface area contributed by atoms with Gasteiger partial charge in [-0.1, -0.05) is 72.8 Å². The first kappa shape index (κ1) is 19.7. The molecule has 0 amide bonds. The Labute approximate surface area is 180 Å². The van der Waals surface area contributed by atoms with Crippen molar-refractivity contribution in [2.75, 3.05) is 0 Å². The Morgan fingerprint density at radius 3 is 2.10 bits per heavy atom. The number of hydrogen-bond acceptors (Lipinski definition) is 4. The lowest BCUT2D eigenvalue weighted by atomic mass is 10.1.